The van der Waals surface area contributed by atoms with E-state index in [0.717, 1.165) is 57.1 Å². The van der Waals surface area contributed by atoms with Crippen molar-refractivity contribution in [1.29, 1.82) is 0 Å². The minimum absolute atomic E-state index is 0.0282. The lowest BCUT2D eigenvalue weighted by molar-refractivity contribution is -0.908. The van der Waals surface area contributed by atoms with Gasteiger partial charge in [-0.3, -0.25) is 0 Å². The van der Waals surface area contributed by atoms with Gasteiger partial charge < -0.3 is 19.9 Å². The molecule has 2 fully saturated rings. The lowest BCUT2D eigenvalue weighted by Gasteiger charge is -2.32. The molecule has 27 heavy (non-hydrogen) atoms. The van der Waals surface area contributed by atoms with Crippen molar-refractivity contribution in [2.75, 3.05) is 56.2 Å². The van der Waals surface area contributed by atoms with Gasteiger partial charge in [-0.25, -0.2) is 8.42 Å². The van der Waals surface area contributed by atoms with Crippen molar-refractivity contribution in [3.05, 3.63) is 29.8 Å². The minimum Gasteiger partial charge on any atom is -0.370 e. The molecule has 150 valence electrons. The van der Waals surface area contributed by atoms with Crippen molar-refractivity contribution < 1.29 is 18.1 Å². The molecule has 6 nitrogen and oxygen atoms in total. The summed E-state index contributed by atoms with van der Waals surface area (Å²) in [6.45, 7) is 7.63. The molecule has 2 aliphatic rings. The topological polar surface area (TPSA) is 63.1 Å². The number of aryl methyl sites for hydroxylation is 1. The Kier molecular flexibility index (Phi) is 7.08. The zero-order chi connectivity index (χ0) is 19.3. The Morgan fingerprint density at radius 2 is 2.15 bits per heavy atom. The number of quaternary nitrogens is 1. The van der Waals surface area contributed by atoms with Crippen molar-refractivity contribution in [2.45, 2.75) is 25.8 Å². The first-order valence-corrected chi connectivity index (χ1v) is 11.9. The average Bonchev–Trinajstić information content (AvgIpc) is 2.99. The molecule has 0 unspecified atom stereocenters. The van der Waals surface area contributed by atoms with Crippen LogP contribution in [0.2, 0.25) is 0 Å². The summed E-state index contributed by atoms with van der Waals surface area (Å²) < 4.78 is 29.4. The molecular formula is C19H30N3O3S2+. The number of thiocarbonyl (C=S) groups is 1. The third kappa shape index (κ3) is 6.14. The summed E-state index contributed by atoms with van der Waals surface area (Å²) in [4.78, 5) is 3.65. The highest BCUT2D eigenvalue weighted by Gasteiger charge is 2.33. The number of nitrogens with zero attached hydrogens (tertiary/aromatic N) is 1. The summed E-state index contributed by atoms with van der Waals surface area (Å²) in [6.07, 6.45) is 1.64. The molecular weight excluding hydrogens is 382 g/mol. The fourth-order valence-electron chi connectivity index (χ4n) is 3.80. The number of anilines is 1. The van der Waals surface area contributed by atoms with Crippen molar-refractivity contribution in [3.8, 4) is 0 Å². The highest BCUT2D eigenvalue weighted by molar-refractivity contribution is 7.91. The van der Waals surface area contributed by atoms with Crippen molar-refractivity contribution in [1.82, 2.24) is 4.90 Å². The van der Waals surface area contributed by atoms with Crippen LogP contribution in [0.3, 0.4) is 0 Å². The summed E-state index contributed by atoms with van der Waals surface area (Å²) in [5.74, 6) is 0.461. The Morgan fingerprint density at radius 3 is 2.81 bits per heavy atom. The Morgan fingerprint density at radius 1 is 1.37 bits per heavy atom. The summed E-state index contributed by atoms with van der Waals surface area (Å²) >= 11 is 5.68. The molecule has 1 aromatic carbocycles. The lowest BCUT2D eigenvalue weighted by Crippen LogP contribution is -3.14. The van der Waals surface area contributed by atoms with E-state index < -0.39 is 9.84 Å². The zero-order valence-corrected chi connectivity index (χ0v) is 17.6. The maximum absolute atomic E-state index is 12.0. The quantitative estimate of drug-likeness (QED) is 0.663. The summed E-state index contributed by atoms with van der Waals surface area (Å²) in [7, 11) is -2.95. The van der Waals surface area contributed by atoms with Gasteiger partial charge in [0.15, 0.2) is 14.9 Å². The largest absolute Gasteiger partial charge is 0.370 e. The van der Waals surface area contributed by atoms with Crippen LogP contribution in [0.1, 0.15) is 18.4 Å². The van der Waals surface area contributed by atoms with Crippen molar-refractivity contribution in [3.63, 3.8) is 0 Å². The Bertz CT molecular complexity index is 748. The van der Waals surface area contributed by atoms with Crippen LogP contribution in [-0.4, -0.2) is 75.4 Å². The molecule has 0 saturated carbocycles. The van der Waals surface area contributed by atoms with Crippen molar-refractivity contribution in [2.24, 2.45) is 0 Å². The molecule has 2 N–H and O–H groups in total. The predicted molar refractivity (Wildman–Crippen MR) is 112 cm³/mol. The fourth-order valence-corrected chi connectivity index (χ4v) is 5.89. The molecule has 8 heteroatoms. The fraction of sp³-hybridized carbons (Fsp3) is 0.632. The highest BCUT2D eigenvalue weighted by atomic mass is 32.2. The number of benzene rings is 1. The van der Waals surface area contributed by atoms with Gasteiger partial charge in [-0.15, -0.1) is 0 Å². The number of sulfone groups is 1. The van der Waals surface area contributed by atoms with Gasteiger partial charge in [-0.1, -0.05) is 12.1 Å². The van der Waals surface area contributed by atoms with E-state index in [0.29, 0.717) is 11.5 Å². The standard InChI is InChI=1S/C19H29N3O3S2/c1-16-4-2-5-17(14-16)20-19(26)22(18-6-13-27(23,24)15-18)8-3-7-21-9-11-25-12-10-21/h2,4-5,14,18H,3,6-13,15H2,1H3,(H,20,26)/p+1/t18-/m0/s1. The van der Waals surface area contributed by atoms with Crippen LogP contribution in [-0.2, 0) is 14.6 Å². The summed E-state index contributed by atoms with van der Waals surface area (Å²) in [6, 6.07) is 8.04. The smallest absolute Gasteiger partial charge is 0.173 e. The third-order valence-electron chi connectivity index (χ3n) is 5.31. The zero-order valence-electron chi connectivity index (χ0n) is 15.9. The van der Waals surface area contributed by atoms with E-state index in [4.69, 9.17) is 17.0 Å². The number of hydrogen-bond donors (Lipinski definition) is 2. The van der Waals surface area contributed by atoms with E-state index in [1.807, 2.05) is 31.2 Å². The average molecular weight is 413 g/mol. The monoisotopic (exact) mass is 412 g/mol. The van der Waals surface area contributed by atoms with Crippen LogP contribution in [0, 0.1) is 6.92 Å². The van der Waals surface area contributed by atoms with Crippen LogP contribution >= 0.6 is 12.2 Å². The molecule has 2 heterocycles. The Labute approximate surface area is 167 Å². The SMILES string of the molecule is Cc1cccc(NC(=S)N(CCC[NH+]2CCOCC2)[C@H]2CCS(=O)(=O)C2)c1. The van der Waals surface area contributed by atoms with E-state index in [1.165, 1.54) is 0 Å². The molecule has 0 radical (unpaired) electrons. The molecule has 0 spiro atoms. The molecule has 0 bridgehead atoms. The van der Waals surface area contributed by atoms with E-state index in [-0.39, 0.29) is 17.5 Å². The minimum atomic E-state index is -2.95. The van der Waals surface area contributed by atoms with Crippen LogP contribution in [0.25, 0.3) is 0 Å². The maximum Gasteiger partial charge on any atom is 0.173 e. The molecule has 0 aliphatic carbocycles. The van der Waals surface area contributed by atoms with Gasteiger partial charge in [0.2, 0.25) is 0 Å². The van der Waals surface area contributed by atoms with Crippen LogP contribution in [0.15, 0.2) is 24.3 Å². The van der Waals surface area contributed by atoms with Crippen LogP contribution in [0.4, 0.5) is 5.69 Å². The van der Waals surface area contributed by atoms with Gasteiger partial charge >= 0.3 is 0 Å². The molecule has 2 saturated heterocycles. The second-order valence-corrected chi connectivity index (χ2v) is 10.1. The summed E-state index contributed by atoms with van der Waals surface area (Å²) in [5.41, 5.74) is 2.11. The van der Waals surface area contributed by atoms with Gasteiger partial charge in [0.1, 0.15) is 13.1 Å². The molecule has 2 aliphatic heterocycles. The predicted octanol–water partition coefficient (Wildman–Crippen LogP) is 0.486. The number of ether oxygens (including phenoxy) is 1. The van der Waals surface area contributed by atoms with E-state index in [1.54, 1.807) is 4.90 Å². The number of morpholine rings is 1. The molecule has 1 atom stereocenters. The van der Waals surface area contributed by atoms with E-state index in [9.17, 15) is 8.42 Å². The molecule has 3 rings (SSSR count). The summed E-state index contributed by atoms with van der Waals surface area (Å²) in [5, 5.41) is 3.94. The van der Waals surface area contributed by atoms with Gasteiger partial charge in [0, 0.05) is 24.7 Å². The Hall–Kier alpha value is -1.22. The normalized spacial score (nSPS) is 22.5. The van der Waals surface area contributed by atoms with Crippen LogP contribution in [0.5, 0.6) is 0 Å². The third-order valence-corrected chi connectivity index (χ3v) is 7.40. The van der Waals surface area contributed by atoms with Crippen molar-refractivity contribution >= 4 is 32.9 Å². The number of rotatable bonds is 6. The first-order chi connectivity index (χ1) is 12.9. The first-order valence-electron chi connectivity index (χ1n) is 9.69. The lowest BCUT2D eigenvalue weighted by atomic mass is 10.2. The number of hydrogen-bond acceptors (Lipinski definition) is 4. The molecule has 0 amide bonds. The van der Waals surface area contributed by atoms with Gasteiger partial charge in [-0.05, 0) is 43.3 Å². The first kappa shape index (κ1) is 20.5. The molecule has 0 aromatic heterocycles. The maximum atomic E-state index is 12.0. The Balaban J connectivity index is 1.62. The second kappa shape index (κ2) is 9.32. The van der Waals surface area contributed by atoms with E-state index >= 15 is 0 Å². The van der Waals surface area contributed by atoms with Gasteiger partial charge in [0.05, 0.1) is 31.3 Å². The van der Waals surface area contributed by atoms with Crippen LogP contribution < -0.4 is 10.2 Å². The highest BCUT2D eigenvalue weighted by Crippen LogP contribution is 2.20. The van der Waals surface area contributed by atoms with Gasteiger partial charge in [0.25, 0.3) is 0 Å². The second-order valence-electron chi connectivity index (χ2n) is 7.52. The molecule has 1 aromatic rings. The van der Waals surface area contributed by atoms with E-state index in [2.05, 4.69) is 10.2 Å². The number of nitrogens with one attached hydrogen (secondary N) is 2. The van der Waals surface area contributed by atoms with Gasteiger partial charge in [-0.2, -0.15) is 0 Å².